The first kappa shape index (κ1) is 15.6. The highest BCUT2D eigenvalue weighted by atomic mass is 16.5. The van der Waals surface area contributed by atoms with Gasteiger partial charge in [-0.3, -0.25) is 0 Å². The van der Waals surface area contributed by atoms with E-state index in [0.717, 1.165) is 16.5 Å². The third-order valence-electron chi connectivity index (χ3n) is 3.41. The standard InChI is InChI=1S/C18H17N3O3/c19-17-15-11-13(8-9-16(15)24-21-17)7-4-10-20-18(22)23-12-14-5-2-1-3-6-14/h1-9,11H,10,12H2,(H2,19,21)(H,20,22). The van der Waals surface area contributed by atoms with Gasteiger partial charge in [-0.25, -0.2) is 4.79 Å². The molecule has 0 atom stereocenters. The van der Waals surface area contributed by atoms with Gasteiger partial charge in [-0.15, -0.1) is 0 Å². The summed E-state index contributed by atoms with van der Waals surface area (Å²) in [6.45, 7) is 0.616. The number of nitrogens with zero attached hydrogens (tertiary/aromatic N) is 1. The average Bonchev–Trinajstić information content (AvgIpc) is 2.98. The molecule has 3 aromatic rings. The Kier molecular flexibility index (Phi) is 4.76. The number of hydrogen-bond donors (Lipinski definition) is 2. The Bertz CT molecular complexity index is 856. The number of carbonyl (C=O) groups excluding carboxylic acids is 1. The summed E-state index contributed by atoms with van der Waals surface area (Å²) in [7, 11) is 0. The van der Waals surface area contributed by atoms with Gasteiger partial charge in [0.2, 0.25) is 0 Å². The molecule has 0 aliphatic rings. The molecule has 1 amide bonds. The van der Waals surface area contributed by atoms with Crippen molar-refractivity contribution >= 4 is 29.0 Å². The third-order valence-corrected chi connectivity index (χ3v) is 3.41. The number of rotatable bonds is 5. The number of amides is 1. The van der Waals surface area contributed by atoms with E-state index in [4.69, 9.17) is 15.0 Å². The highest BCUT2D eigenvalue weighted by molar-refractivity contribution is 5.88. The van der Waals surface area contributed by atoms with Crippen LogP contribution in [0.25, 0.3) is 17.0 Å². The van der Waals surface area contributed by atoms with E-state index < -0.39 is 6.09 Å². The predicted octanol–water partition coefficient (Wildman–Crippen LogP) is 3.35. The van der Waals surface area contributed by atoms with Crippen molar-refractivity contribution in [2.75, 3.05) is 12.3 Å². The Morgan fingerprint density at radius 2 is 2.08 bits per heavy atom. The van der Waals surface area contributed by atoms with Crippen LogP contribution in [0.1, 0.15) is 11.1 Å². The first-order valence-electron chi connectivity index (χ1n) is 7.48. The molecular weight excluding hydrogens is 306 g/mol. The molecule has 0 radical (unpaired) electrons. The van der Waals surface area contributed by atoms with E-state index in [2.05, 4.69) is 10.5 Å². The topological polar surface area (TPSA) is 90.4 Å². The molecule has 6 nitrogen and oxygen atoms in total. The fourth-order valence-corrected chi connectivity index (χ4v) is 2.19. The SMILES string of the molecule is Nc1noc2ccc(C=CCNC(=O)OCc3ccccc3)cc12. The number of anilines is 1. The van der Waals surface area contributed by atoms with E-state index in [-0.39, 0.29) is 6.61 Å². The minimum absolute atomic E-state index is 0.250. The van der Waals surface area contributed by atoms with Gasteiger partial charge in [0.05, 0.1) is 5.39 Å². The lowest BCUT2D eigenvalue weighted by Crippen LogP contribution is -2.24. The van der Waals surface area contributed by atoms with Crippen molar-refractivity contribution in [2.45, 2.75) is 6.61 Å². The number of aromatic nitrogens is 1. The lowest BCUT2D eigenvalue weighted by molar-refractivity contribution is 0.141. The van der Waals surface area contributed by atoms with E-state index >= 15 is 0 Å². The van der Waals surface area contributed by atoms with Gasteiger partial charge in [-0.05, 0) is 23.3 Å². The summed E-state index contributed by atoms with van der Waals surface area (Å²) in [6, 6.07) is 15.1. The van der Waals surface area contributed by atoms with Crippen molar-refractivity contribution in [3.8, 4) is 0 Å². The Balaban J connectivity index is 1.47. The van der Waals surface area contributed by atoms with Crippen LogP contribution >= 0.6 is 0 Å². The van der Waals surface area contributed by atoms with Gasteiger partial charge in [0, 0.05) is 6.54 Å². The maximum Gasteiger partial charge on any atom is 0.407 e. The molecule has 0 bridgehead atoms. The van der Waals surface area contributed by atoms with E-state index in [9.17, 15) is 4.79 Å². The number of fused-ring (bicyclic) bond motifs is 1. The minimum atomic E-state index is -0.456. The first-order chi connectivity index (χ1) is 11.7. The molecule has 3 N–H and O–H groups in total. The van der Waals surface area contributed by atoms with Crippen LogP contribution in [-0.2, 0) is 11.3 Å². The Morgan fingerprint density at radius 1 is 1.25 bits per heavy atom. The number of benzene rings is 2. The van der Waals surface area contributed by atoms with Crippen LogP contribution in [0.2, 0.25) is 0 Å². The molecule has 0 aliphatic heterocycles. The fraction of sp³-hybridized carbons (Fsp3) is 0.111. The average molecular weight is 323 g/mol. The predicted molar refractivity (Wildman–Crippen MR) is 92.1 cm³/mol. The van der Waals surface area contributed by atoms with E-state index in [1.54, 1.807) is 6.07 Å². The van der Waals surface area contributed by atoms with Crippen LogP contribution in [0.5, 0.6) is 0 Å². The molecular formula is C18H17N3O3. The van der Waals surface area contributed by atoms with E-state index in [0.29, 0.717) is 17.9 Å². The van der Waals surface area contributed by atoms with Crippen molar-refractivity contribution in [2.24, 2.45) is 0 Å². The number of nitrogens with two attached hydrogens (primary N) is 1. The molecule has 122 valence electrons. The molecule has 1 aromatic heterocycles. The molecule has 0 saturated heterocycles. The van der Waals surface area contributed by atoms with Gasteiger partial charge in [-0.1, -0.05) is 53.7 Å². The molecule has 24 heavy (non-hydrogen) atoms. The largest absolute Gasteiger partial charge is 0.445 e. The number of alkyl carbamates (subject to hydrolysis) is 1. The maximum absolute atomic E-state index is 11.6. The summed E-state index contributed by atoms with van der Waals surface area (Å²) >= 11 is 0. The van der Waals surface area contributed by atoms with Crippen molar-refractivity contribution < 1.29 is 14.1 Å². The van der Waals surface area contributed by atoms with E-state index in [1.807, 2.05) is 54.6 Å². The van der Waals surface area contributed by atoms with Crippen LogP contribution < -0.4 is 11.1 Å². The van der Waals surface area contributed by atoms with E-state index in [1.165, 1.54) is 0 Å². The molecule has 0 unspecified atom stereocenters. The van der Waals surface area contributed by atoms with Gasteiger partial charge in [-0.2, -0.15) is 0 Å². The van der Waals surface area contributed by atoms with Crippen LogP contribution in [0.15, 0.2) is 59.1 Å². The highest BCUT2D eigenvalue weighted by Gasteiger charge is 2.04. The van der Waals surface area contributed by atoms with Crippen LogP contribution in [0, 0.1) is 0 Å². The summed E-state index contributed by atoms with van der Waals surface area (Å²) in [5, 5.41) is 7.14. The molecule has 0 saturated carbocycles. The van der Waals surface area contributed by atoms with Crippen molar-refractivity contribution in [1.82, 2.24) is 10.5 Å². The maximum atomic E-state index is 11.6. The minimum Gasteiger partial charge on any atom is -0.445 e. The molecule has 3 rings (SSSR count). The van der Waals surface area contributed by atoms with Crippen LogP contribution in [-0.4, -0.2) is 17.8 Å². The molecule has 0 spiro atoms. The lowest BCUT2D eigenvalue weighted by atomic mass is 10.1. The fourth-order valence-electron chi connectivity index (χ4n) is 2.19. The zero-order valence-electron chi connectivity index (χ0n) is 12.9. The van der Waals surface area contributed by atoms with Crippen molar-refractivity contribution in [3.63, 3.8) is 0 Å². The van der Waals surface area contributed by atoms with Gasteiger partial charge in [0.15, 0.2) is 11.4 Å². The summed E-state index contributed by atoms with van der Waals surface area (Å²) < 4.78 is 10.2. The number of carbonyl (C=O) groups is 1. The second kappa shape index (κ2) is 7.32. The summed E-state index contributed by atoms with van der Waals surface area (Å²) in [5.74, 6) is 0.364. The first-order valence-corrected chi connectivity index (χ1v) is 7.48. The Morgan fingerprint density at radius 3 is 2.92 bits per heavy atom. The van der Waals surface area contributed by atoms with Gasteiger partial charge in [0.1, 0.15) is 6.61 Å². The lowest BCUT2D eigenvalue weighted by Gasteiger charge is -2.05. The van der Waals surface area contributed by atoms with Crippen molar-refractivity contribution in [3.05, 3.63) is 65.7 Å². The van der Waals surface area contributed by atoms with Gasteiger partial charge in [0.25, 0.3) is 0 Å². The van der Waals surface area contributed by atoms with Crippen LogP contribution in [0.3, 0.4) is 0 Å². The molecule has 1 heterocycles. The van der Waals surface area contributed by atoms with Crippen molar-refractivity contribution in [1.29, 1.82) is 0 Å². The summed E-state index contributed by atoms with van der Waals surface area (Å²) in [6.07, 6.45) is 3.25. The zero-order chi connectivity index (χ0) is 16.8. The zero-order valence-corrected chi connectivity index (χ0v) is 12.9. The second-order valence-electron chi connectivity index (χ2n) is 5.17. The third kappa shape index (κ3) is 3.92. The number of ether oxygens (including phenoxy) is 1. The van der Waals surface area contributed by atoms with Crippen LogP contribution in [0.4, 0.5) is 10.6 Å². The van der Waals surface area contributed by atoms with Gasteiger partial charge < -0.3 is 20.3 Å². The number of hydrogen-bond acceptors (Lipinski definition) is 5. The number of nitrogen functional groups attached to an aromatic ring is 1. The smallest absolute Gasteiger partial charge is 0.407 e. The molecule has 0 aliphatic carbocycles. The Hall–Kier alpha value is -3.28. The summed E-state index contributed by atoms with van der Waals surface area (Å²) in [5.41, 5.74) is 8.25. The molecule has 0 fully saturated rings. The summed E-state index contributed by atoms with van der Waals surface area (Å²) in [4.78, 5) is 11.6. The monoisotopic (exact) mass is 323 g/mol. The molecule has 2 aromatic carbocycles. The van der Waals surface area contributed by atoms with Gasteiger partial charge >= 0.3 is 6.09 Å². The Labute approximate surface area is 138 Å². The molecule has 6 heteroatoms. The quantitative estimate of drug-likeness (QED) is 0.751. The second-order valence-corrected chi connectivity index (χ2v) is 5.17. The normalized spacial score (nSPS) is 11.0. The number of nitrogens with one attached hydrogen (secondary N) is 1. The highest BCUT2D eigenvalue weighted by Crippen LogP contribution is 2.21.